The van der Waals surface area contributed by atoms with Gasteiger partial charge in [0.05, 0.1) is 0 Å². The highest BCUT2D eigenvalue weighted by Crippen LogP contribution is 2.26. The number of hydrogen-bond donors (Lipinski definition) is 0. The fourth-order valence-corrected chi connectivity index (χ4v) is 2.12. The molecule has 0 atom stereocenters. The van der Waals surface area contributed by atoms with Crippen molar-refractivity contribution in [1.29, 1.82) is 0 Å². The Labute approximate surface area is 151 Å². The zero-order chi connectivity index (χ0) is 19.5. The average Bonchev–Trinajstić information content (AvgIpc) is 3.03. The highest BCUT2D eigenvalue weighted by atomic mass is 14.9. The second-order valence-corrected chi connectivity index (χ2v) is 3.59. The molecule has 138 valence electrons. The first-order chi connectivity index (χ1) is 11.9. The van der Waals surface area contributed by atoms with E-state index in [-0.39, 0.29) is 0 Å². The van der Waals surface area contributed by atoms with Gasteiger partial charge in [0.25, 0.3) is 0 Å². The van der Waals surface area contributed by atoms with Gasteiger partial charge in [0.2, 0.25) is 0 Å². The molecule has 3 aromatic rings. The van der Waals surface area contributed by atoms with Crippen molar-refractivity contribution in [2.45, 2.75) is 69.2 Å². The third kappa shape index (κ3) is 7.21. The lowest BCUT2D eigenvalue weighted by atomic mass is 10.2. The van der Waals surface area contributed by atoms with E-state index in [4.69, 9.17) is 0 Å². The van der Waals surface area contributed by atoms with Gasteiger partial charge in [-0.3, -0.25) is 0 Å². The van der Waals surface area contributed by atoms with E-state index in [1.807, 2.05) is 69.2 Å². The summed E-state index contributed by atoms with van der Waals surface area (Å²) in [6, 6.07) is 17.0. The first kappa shape index (κ1) is 27.1. The molecule has 0 fully saturated rings. The fraction of sp³-hybridized carbons (Fsp3) is 0.478. The predicted molar refractivity (Wildman–Crippen MR) is 117 cm³/mol. The van der Waals surface area contributed by atoms with Gasteiger partial charge in [-0.15, -0.1) is 0 Å². The molecule has 0 aliphatic carbocycles. The third-order valence-electron chi connectivity index (χ3n) is 2.82. The van der Waals surface area contributed by atoms with Gasteiger partial charge >= 0.3 is 0 Å². The standard InChI is InChI=1S/C13H11N.5C2H6/c1-14-12-8-4-2-6-10(12)11-7-3-5-9-13(11)14;5*1-2/h2-9H,1H3;5*1-2H3. The first-order valence-electron chi connectivity index (χ1n) is 9.80. The molecule has 0 amide bonds. The minimum Gasteiger partial charge on any atom is -0.344 e. The Kier molecular flexibility index (Phi) is 21.8. The quantitative estimate of drug-likeness (QED) is 0.389. The van der Waals surface area contributed by atoms with Crippen molar-refractivity contribution in [3.05, 3.63) is 48.5 Å². The van der Waals surface area contributed by atoms with Crippen molar-refractivity contribution in [2.24, 2.45) is 7.05 Å². The fourth-order valence-electron chi connectivity index (χ4n) is 2.12. The van der Waals surface area contributed by atoms with Crippen molar-refractivity contribution >= 4 is 21.8 Å². The zero-order valence-corrected chi connectivity index (χ0v) is 18.1. The van der Waals surface area contributed by atoms with Crippen molar-refractivity contribution < 1.29 is 0 Å². The normalized spacial score (nSPS) is 7.79. The Bertz CT molecular complexity index is 552. The summed E-state index contributed by atoms with van der Waals surface area (Å²) in [5.74, 6) is 0. The van der Waals surface area contributed by atoms with Crippen molar-refractivity contribution in [3.8, 4) is 0 Å². The van der Waals surface area contributed by atoms with Crippen LogP contribution in [0.1, 0.15) is 69.2 Å². The van der Waals surface area contributed by atoms with Crippen molar-refractivity contribution in [3.63, 3.8) is 0 Å². The van der Waals surface area contributed by atoms with Gasteiger partial charge in [-0.2, -0.15) is 0 Å². The van der Waals surface area contributed by atoms with Gasteiger partial charge in [0.15, 0.2) is 0 Å². The molecule has 0 saturated heterocycles. The van der Waals surface area contributed by atoms with Crippen LogP contribution in [0.4, 0.5) is 0 Å². The monoisotopic (exact) mass is 331 g/mol. The van der Waals surface area contributed by atoms with Crippen LogP contribution in [0.15, 0.2) is 48.5 Å². The van der Waals surface area contributed by atoms with Crippen LogP contribution >= 0.6 is 0 Å². The molecule has 1 heterocycles. The Hall–Kier alpha value is -1.76. The Morgan fingerprint density at radius 1 is 0.458 bits per heavy atom. The average molecular weight is 332 g/mol. The van der Waals surface area contributed by atoms with E-state index in [2.05, 4.69) is 60.1 Å². The van der Waals surface area contributed by atoms with E-state index < -0.39 is 0 Å². The summed E-state index contributed by atoms with van der Waals surface area (Å²) < 4.78 is 2.24. The van der Waals surface area contributed by atoms with Crippen LogP contribution in [0.3, 0.4) is 0 Å². The second-order valence-electron chi connectivity index (χ2n) is 3.59. The lowest BCUT2D eigenvalue weighted by Gasteiger charge is -1.95. The highest BCUT2D eigenvalue weighted by molar-refractivity contribution is 6.07. The molecule has 1 nitrogen and oxygen atoms in total. The van der Waals surface area contributed by atoms with Gasteiger partial charge in [0, 0.05) is 28.9 Å². The number of nitrogens with zero attached hydrogens (tertiary/aromatic N) is 1. The number of benzene rings is 2. The molecule has 1 heteroatoms. The van der Waals surface area contributed by atoms with Crippen molar-refractivity contribution in [1.82, 2.24) is 4.57 Å². The van der Waals surface area contributed by atoms with Crippen LogP contribution in [-0.2, 0) is 7.05 Å². The lowest BCUT2D eigenvalue weighted by molar-refractivity contribution is 1.01. The number of para-hydroxylation sites is 2. The molecule has 0 N–H and O–H groups in total. The smallest absolute Gasteiger partial charge is 0.0488 e. The molecular formula is C23H41N. The molecule has 2 aromatic carbocycles. The van der Waals surface area contributed by atoms with Crippen LogP contribution in [-0.4, -0.2) is 4.57 Å². The molecular weight excluding hydrogens is 290 g/mol. The molecule has 0 bridgehead atoms. The first-order valence-corrected chi connectivity index (χ1v) is 9.80. The molecule has 1 aromatic heterocycles. The van der Waals surface area contributed by atoms with Crippen LogP contribution in [0.5, 0.6) is 0 Å². The van der Waals surface area contributed by atoms with Crippen LogP contribution in [0, 0.1) is 0 Å². The van der Waals surface area contributed by atoms with Gasteiger partial charge in [-0.05, 0) is 12.1 Å². The van der Waals surface area contributed by atoms with E-state index in [0.717, 1.165) is 0 Å². The van der Waals surface area contributed by atoms with E-state index in [1.165, 1.54) is 21.8 Å². The molecule has 0 radical (unpaired) electrons. The number of rotatable bonds is 0. The lowest BCUT2D eigenvalue weighted by Crippen LogP contribution is -1.84. The molecule has 0 aliphatic heterocycles. The summed E-state index contributed by atoms with van der Waals surface area (Å²) in [6.07, 6.45) is 0. The van der Waals surface area contributed by atoms with Crippen LogP contribution in [0.2, 0.25) is 0 Å². The van der Waals surface area contributed by atoms with Gasteiger partial charge in [-0.1, -0.05) is 106 Å². The summed E-state index contributed by atoms with van der Waals surface area (Å²) >= 11 is 0. The predicted octanol–water partition coefficient (Wildman–Crippen LogP) is 8.46. The molecule has 24 heavy (non-hydrogen) atoms. The molecule has 0 aliphatic rings. The molecule has 3 rings (SSSR count). The van der Waals surface area contributed by atoms with E-state index in [0.29, 0.717) is 0 Å². The zero-order valence-electron chi connectivity index (χ0n) is 18.1. The molecule has 0 saturated carbocycles. The largest absolute Gasteiger partial charge is 0.344 e. The molecule has 0 spiro atoms. The van der Waals surface area contributed by atoms with Crippen molar-refractivity contribution in [2.75, 3.05) is 0 Å². The number of aromatic nitrogens is 1. The maximum Gasteiger partial charge on any atom is 0.0488 e. The van der Waals surface area contributed by atoms with Crippen LogP contribution in [0.25, 0.3) is 21.8 Å². The Balaban J connectivity index is -0.000000384. The maximum absolute atomic E-state index is 2.24. The van der Waals surface area contributed by atoms with E-state index in [9.17, 15) is 0 Å². The molecule has 0 unspecified atom stereocenters. The van der Waals surface area contributed by atoms with E-state index >= 15 is 0 Å². The summed E-state index contributed by atoms with van der Waals surface area (Å²) in [6.45, 7) is 20.0. The van der Waals surface area contributed by atoms with Gasteiger partial charge < -0.3 is 4.57 Å². The third-order valence-corrected chi connectivity index (χ3v) is 2.82. The summed E-state index contributed by atoms with van der Waals surface area (Å²) in [5, 5.41) is 2.68. The summed E-state index contributed by atoms with van der Waals surface area (Å²) in [7, 11) is 2.12. The number of aryl methyl sites for hydroxylation is 1. The SMILES string of the molecule is CC.CC.CC.CC.CC.Cn1c2ccccc2c2ccccc21. The minimum absolute atomic E-state index is 1.30. The number of hydrogen-bond acceptors (Lipinski definition) is 0. The Morgan fingerprint density at radius 2 is 0.708 bits per heavy atom. The highest BCUT2D eigenvalue weighted by Gasteiger charge is 2.04. The van der Waals surface area contributed by atoms with Crippen LogP contribution < -0.4 is 0 Å². The Morgan fingerprint density at radius 3 is 1.00 bits per heavy atom. The maximum atomic E-state index is 2.24. The summed E-state index contributed by atoms with van der Waals surface area (Å²) in [4.78, 5) is 0. The minimum atomic E-state index is 1.30. The van der Waals surface area contributed by atoms with Gasteiger partial charge in [0.1, 0.15) is 0 Å². The van der Waals surface area contributed by atoms with Gasteiger partial charge in [-0.25, -0.2) is 0 Å². The number of fused-ring (bicyclic) bond motifs is 3. The summed E-state index contributed by atoms with van der Waals surface area (Å²) in [5.41, 5.74) is 2.60. The second kappa shape index (κ2) is 19.3. The topological polar surface area (TPSA) is 4.93 Å². The van der Waals surface area contributed by atoms with E-state index in [1.54, 1.807) is 0 Å².